The van der Waals surface area contributed by atoms with Crippen LogP contribution < -0.4 is 0 Å². The summed E-state index contributed by atoms with van der Waals surface area (Å²) in [4.78, 5) is 4.77. The normalized spacial score (nSPS) is 11.4. The molecule has 0 aliphatic heterocycles. The van der Waals surface area contributed by atoms with Crippen molar-refractivity contribution in [2.75, 3.05) is 0 Å². The van der Waals surface area contributed by atoms with E-state index in [4.69, 9.17) is 4.98 Å². The fourth-order valence-electron chi connectivity index (χ4n) is 3.36. The van der Waals surface area contributed by atoms with Crippen LogP contribution in [0.4, 0.5) is 0 Å². The van der Waals surface area contributed by atoms with Crippen LogP contribution in [-0.2, 0) is 0 Å². The molecular weight excluding hydrogens is 370 g/mol. The van der Waals surface area contributed by atoms with Crippen molar-refractivity contribution >= 4 is 48.5 Å². The average molecular weight is 384 g/mol. The standard InChI is InChI=1S/C23H14BrN/c24-21-9-7-15-5-6-16(11-19(15)14-21)17-8-10-23-20(12-17)13-18-3-1-2-4-22(18)25-23/h1-14H. The second-order valence-corrected chi connectivity index (χ2v) is 7.21. The Labute approximate surface area is 154 Å². The van der Waals surface area contributed by atoms with Gasteiger partial charge in [-0.15, -0.1) is 0 Å². The van der Waals surface area contributed by atoms with Gasteiger partial charge < -0.3 is 0 Å². The zero-order valence-electron chi connectivity index (χ0n) is 13.4. The lowest BCUT2D eigenvalue weighted by atomic mass is 9.99. The molecule has 0 aliphatic rings. The number of aromatic nitrogens is 1. The summed E-state index contributed by atoms with van der Waals surface area (Å²) < 4.78 is 1.10. The Morgan fingerprint density at radius 2 is 1.24 bits per heavy atom. The summed E-state index contributed by atoms with van der Waals surface area (Å²) in [5, 5.41) is 4.84. The highest BCUT2D eigenvalue weighted by atomic mass is 79.9. The van der Waals surface area contributed by atoms with Crippen LogP contribution in [0.3, 0.4) is 0 Å². The zero-order chi connectivity index (χ0) is 16.8. The fraction of sp³-hybridized carbons (Fsp3) is 0. The molecule has 1 nitrogen and oxygen atoms in total. The van der Waals surface area contributed by atoms with Gasteiger partial charge in [0.25, 0.3) is 0 Å². The molecule has 0 saturated heterocycles. The van der Waals surface area contributed by atoms with E-state index in [9.17, 15) is 0 Å². The SMILES string of the molecule is Brc1ccc2ccc(-c3ccc4nc5ccccc5cc4c3)cc2c1. The summed E-state index contributed by atoms with van der Waals surface area (Å²) in [5.74, 6) is 0. The van der Waals surface area contributed by atoms with Crippen molar-refractivity contribution in [1.82, 2.24) is 4.98 Å². The van der Waals surface area contributed by atoms with E-state index in [-0.39, 0.29) is 0 Å². The van der Waals surface area contributed by atoms with Crippen LogP contribution in [0, 0.1) is 0 Å². The Balaban J connectivity index is 1.70. The number of hydrogen-bond acceptors (Lipinski definition) is 1. The van der Waals surface area contributed by atoms with Gasteiger partial charge in [-0.3, -0.25) is 0 Å². The number of nitrogens with zero attached hydrogens (tertiary/aromatic N) is 1. The van der Waals surface area contributed by atoms with E-state index in [0.29, 0.717) is 0 Å². The summed E-state index contributed by atoms with van der Waals surface area (Å²) in [7, 11) is 0. The van der Waals surface area contributed by atoms with Crippen LogP contribution in [0.15, 0.2) is 89.4 Å². The van der Waals surface area contributed by atoms with Crippen molar-refractivity contribution in [2.45, 2.75) is 0 Å². The van der Waals surface area contributed by atoms with Crippen LogP contribution >= 0.6 is 15.9 Å². The van der Waals surface area contributed by atoms with Crippen LogP contribution in [-0.4, -0.2) is 4.98 Å². The number of pyridine rings is 1. The van der Waals surface area contributed by atoms with Crippen LogP contribution in [0.1, 0.15) is 0 Å². The number of halogens is 1. The second-order valence-electron chi connectivity index (χ2n) is 6.29. The minimum Gasteiger partial charge on any atom is -0.248 e. The molecule has 5 aromatic rings. The largest absolute Gasteiger partial charge is 0.248 e. The Hall–Kier alpha value is -2.71. The van der Waals surface area contributed by atoms with Crippen molar-refractivity contribution in [3.8, 4) is 11.1 Å². The molecule has 0 spiro atoms. The summed E-state index contributed by atoms with van der Waals surface area (Å²) in [5.41, 5.74) is 4.51. The maximum absolute atomic E-state index is 4.77. The molecule has 2 heteroatoms. The Morgan fingerprint density at radius 1 is 0.520 bits per heavy atom. The molecule has 0 fully saturated rings. The number of benzene rings is 4. The Bertz CT molecular complexity index is 1260. The van der Waals surface area contributed by atoms with Gasteiger partial charge in [0.1, 0.15) is 0 Å². The molecule has 1 aromatic heterocycles. The van der Waals surface area contributed by atoms with Crippen LogP contribution in [0.5, 0.6) is 0 Å². The molecule has 0 atom stereocenters. The second kappa shape index (κ2) is 5.68. The first-order chi connectivity index (χ1) is 12.3. The van der Waals surface area contributed by atoms with E-state index in [0.717, 1.165) is 15.5 Å². The lowest BCUT2D eigenvalue weighted by molar-refractivity contribution is 1.50. The fourth-order valence-corrected chi connectivity index (χ4v) is 3.74. The molecule has 1 heterocycles. The first-order valence-electron chi connectivity index (χ1n) is 8.25. The van der Waals surface area contributed by atoms with Gasteiger partial charge in [-0.25, -0.2) is 4.98 Å². The van der Waals surface area contributed by atoms with E-state index in [1.165, 1.54) is 32.7 Å². The summed E-state index contributed by atoms with van der Waals surface area (Å²) >= 11 is 3.56. The average Bonchev–Trinajstić information content (AvgIpc) is 2.65. The summed E-state index contributed by atoms with van der Waals surface area (Å²) in [6.07, 6.45) is 0. The first kappa shape index (κ1) is 14.6. The molecule has 0 amide bonds. The highest BCUT2D eigenvalue weighted by Gasteiger charge is 2.04. The molecule has 0 unspecified atom stereocenters. The van der Waals surface area contributed by atoms with Crippen molar-refractivity contribution in [3.05, 3.63) is 89.4 Å². The highest BCUT2D eigenvalue weighted by Crippen LogP contribution is 2.29. The van der Waals surface area contributed by atoms with E-state index < -0.39 is 0 Å². The molecule has 0 bridgehead atoms. The molecule has 5 rings (SSSR count). The third-order valence-corrected chi connectivity index (χ3v) is 5.15. The van der Waals surface area contributed by atoms with Gasteiger partial charge >= 0.3 is 0 Å². The van der Waals surface area contributed by atoms with Gasteiger partial charge in [-0.1, -0.05) is 58.4 Å². The predicted molar refractivity (Wildman–Crippen MR) is 110 cm³/mol. The van der Waals surface area contributed by atoms with E-state index in [1.807, 2.05) is 6.07 Å². The first-order valence-corrected chi connectivity index (χ1v) is 9.05. The van der Waals surface area contributed by atoms with Crippen molar-refractivity contribution in [3.63, 3.8) is 0 Å². The number of rotatable bonds is 1. The topological polar surface area (TPSA) is 12.9 Å². The van der Waals surface area contributed by atoms with Gasteiger partial charge in [-0.2, -0.15) is 0 Å². The Kier molecular flexibility index (Phi) is 3.32. The highest BCUT2D eigenvalue weighted by molar-refractivity contribution is 9.10. The van der Waals surface area contributed by atoms with E-state index in [1.54, 1.807) is 0 Å². The third kappa shape index (κ3) is 2.59. The Morgan fingerprint density at radius 3 is 2.16 bits per heavy atom. The molecule has 0 saturated carbocycles. The van der Waals surface area contributed by atoms with E-state index in [2.05, 4.69) is 94.8 Å². The van der Waals surface area contributed by atoms with Crippen LogP contribution in [0.2, 0.25) is 0 Å². The van der Waals surface area contributed by atoms with Crippen molar-refractivity contribution < 1.29 is 0 Å². The molecule has 0 radical (unpaired) electrons. The quantitative estimate of drug-likeness (QED) is 0.284. The van der Waals surface area contributed by atoms with Gasteiger partial charge in [0.05, 0.1) is 11.0 Å². The lowest BCUT2D eigenvalue weighted by Gasteiger charge is -2.07. The third-order valence-electron chi connectivity index (χ3n) is 4.65. The molecule has 25 heavy (non-hydrogen) atoms. The van der Waals surface area contributed by atoms with Gasteiger partial charge in [-0.05, 0) is 64.4 Å². The maximum Gasteiger partial charge on any atom is 0.0710 e. The van der Waals surface area contributed by atoms with Gasteiger partial charge in [0.15, 0.2) is 0 Å². The maximum atomic E-state index is 4.77. The predicted octanol–water partition coefficient (Wildman–Crippen LogP) is 6.97. The van der Waals surface area contributed by atoms with Crippen LogP contribution in [0.25, 0.3) is 43.7 Å². The molecule has 4 aromatic carbocycles. The minimum absolute atomic E-state index is 1.03. The number of para-hydroxylation sites is 1. The summed E-state index contributed by atoms with van der Waals surface area (Å²) in [6.45, 7) is 0. The lowest BCUT2D eigenvalue weighted by Crippen LogP contribution is -1.84. The van der Waals surface area contributed by atoms with Gasteiger partial charge in [0.2, 0.25) is 0 Å². The minimum atomic E-state index is 1.03. The van der Waals surface area contributed by atoms with Gasteiger partial charge in [0, 0.05) is 15.2 Å². The molecule has 118 valence electrons. The smallest absolute Gasteiger partial charge is 0.0710 e. The summed E-state index contributed by atoms with van der Waals surface area (Å²) in [6, 6.07) is 30.0. The van der Waals surface area contributed by atoms with E-state index >= 15 is 0 Å². The molecular formula is C23H14BrN. The molecule has 0 aliphatic carbocycles. The van der Waals surface area contributed by atoms with Crippen molar-refractivity contribution in [1.29, 1.82) is 0 Å². The molecule has 0 N–H and O–H groups in total. The number of fused-ring (bicyclic) bond motifs is 3. The zero-order valence-corrected chi connectivity index (χ0v) is 15.0. The number of hydrogen-bond donors (Lipinski definition) is 0. The monoisotopic (exact) mass is 383 g/mol. The van der Waals surface area contributed by atoms with Crippen molar-refractivity contribution in [2.24, 2.45) is 0 Å².